The van der Waals surface area contributed by atoms with Crippen LogP contribution >= 0.6 is 0 Å². The summed E-state index contributed by atoms with van der Waals surface area (Å²) in [6.45, 7) is 2.27. The molecule has 1 fully saturated rings. The highest BCUT2D eigenvalue weighted by Crippen LogP contribution is 2.29. The average molecular weight is 198 g/mol. The van der Waals surface area contributed by atoms with Gasteiger partial charge in [0.2, 0.25) is 0 Å². The molecule has 4 nitrogen and oxygen atoms in total. The van der Waals surface area contributed by atoms with Gasteiger partial charge in [0.1, 0.15) is 0 Å². The molecule has 0 saturated heterocycles. The number of carbonyl (C=O) groups is 1. The largest absolute Gasteiger partial charge is 0.466 e. The van der Waals surface area contributed by atoms with E-state index in [0.29, 0.717) is 6.61 Å². The highest BCUT2D eigenvalue weighted by atomic mass is 16.5. The first-order valence-electron chi connectivity index (χ1n) is 5.15. The van der Waals surface area contributed by atoms with E-state index < -0.39 is 0 Å². The van der Waals surface area contributed by atoms with Crippen LogP contribution in [0.1, 0.15) is 32.6 Å². The smallest absolute Gasteiger partial charge is 0.308 e. The Morgan fingerprint density at radius 3 is 2.29 bits per heavy atom. The van der Waals surface area contributed by atoms with Gasteiger partial charge >= 0.3 is 5.97 Å². The fraction of sp³-hybridized carbons (Fsp3) is 0.800. The molecule has 1 rings (SSSR count). The number of nitrogens with two attached hydrogens (primary N) is 1. The number of amidine groups is 1. The maximum Gasteiger partial charge on any atom is 0.308 e. The third-order valence-electron chi connectivity index (χ3n) is 2.79. The molecule has 3 N–H and O–H groups in total. The van der Waals surface area contributed by atoms with Gasteiger partial charge in [-0.05, 0) is 32.6 Å². The Balaban J connectivity index is 2.35. The van der Waals surface area contributed by atoms with Crippen molar-refractivity contribution in [2.45, 2.75) is 32.6 Å². The van der Waals surface area contributed by atoms with Crippen molar-refractivity contribution < 1.29 is 9.53 Å². The molecule has 0 bridgehead atoms. The van der Waals surface area contributed by atoms with Crippen molar-refractivity contribution in [3.63, 3.8) is 0 Å². The molecule has 1 aliphatic carbocycles. The molecule has 1 aliphatic rings. The van der Waals surface area contributed by atoms with Crippen molar-refractivity contribution in [2.75, 3.05) is 6.61 Å². The second-order valence-electron chi connectivity index (χ2n) is 3.76. The minimum Gasteiger partial charge on any atom is -0.466 e. The molecule has 0 aromatic rings. The molecule has 14 heavy (non-hydrogen) atoms. The van der Waals surface area contributed by atoms with Crippen LogP contribution in [0.5, 0.6) is 0 Å². The van der Waals surface area contributed by atoms with E-state index in [4.69, 9.17) is 15.9 Å². The third kappa shape index (κ3) is 2.72. The summed E-state index contributed by atoms with van der Waals surface area (Å²) in [5, 5.41) is 7.30. The van der Waals surface area contributed by atoms with Crippen molar-refractivity contribution in [2.24, 2.45) is 17.6 Å². The summed E-state index contributed by atoms with van der Waals surface area (Å²) in [4.78, 5) is 11.4. The van der Waals surface area contributed by atoms with E-state index in [9.17, 15) is 4.79 Å². The van der Waals surface area contributed by atoms with Gasteiger partial charge < -0.3 is 10.5 Å². The molecule has 0 spiro atoms. The molecular weight excluding hydrogens is 180 g/mol. The fourth-order valence-electron chi connectivity index (χ4n) is 1.90. The maximum atomic E-state index is 11.4. The molecule has 0 aromatic carbocycles. The average Bonchev–Trinajstić information content (AvgIpc) is 2.18. The first-order chi connectivity index (χ1) is 6.65. The van der Waals surface area contributed by atoms with Crippen molar-refractivity contribution >= 4 is 11.8 Å². The zero-order valence-electron chi connectivity index (χ0n) is 8.58. The number of ether oxygens (including phenoxy) is 1. The quantitative estimate of drug-likeness (QED) is 0.407. The summed E-state index contributed by atoms with van der Waals surface area (Å²) in [6, 6.07) is 0. The first-order valence-corrected chi connectivity index (χ1v) is 5.15. The predicted molar refractivity (Wildman–Crippen MR) is 54.0 cm³/mol. The Labute approximate surface area is 84.3 Å². The normalized spacial score (nSPS) is 26.9. The van der Waals surface area contributed by atoms with E-state index in [0.717, 1.165) is 25.7 Å². The van der Waals surface area contributed by atoms with E-state index in [-0.39, 0.29) is 23.6 Å². The second-order valence-corrected chi connectivity index (χ2v) is 3.76. The number of carbonyl (C=O) groups excluding carboxylic acids is 1. The van der Waals surface area contributed by atoms with Crippen LogP contribution in [-0.4, -0.2) is 18.4 Å². The highest BCUT2D eigenvalue weighted by Gasteiger charge is 2.28. The molecule has 0 heterocycles. The van der Waals surface area contributed by atoms with Crippen LogP contribution in [0, 0.1) is 17.2 Å². The SMILES string of the molecule is CCOC(=O)C1CCC(C(=N)N)CC1. The number of hydrogen-bond donors (Lipinski definition) is 2. The van der Waals surface area contributed by atoms with Crippen molar-refractivity contribution in [3.05, 3.63) is 0 Å². The molecular formula is C10H18N2O2. The number of hydrogen-bond acceptors (Lipinski definition) is 3. The molecule has 80 valence electrons. The van der Waals surface area contributed by atoms with Crippen LogP contribution < -0.4 is 5.73 Å². The molecule has 1 saturated carbocycles. The lowest BCUT2D eigenvalue weighted by atomic mass is 9.81. The maximum absolute atomic E-state index is 11.4. The summed E-state index contributed by atoms with van der Waals surface area (Å²) in [5.74, 6) is 0.382. The van der Waals surface area contributed by atoms with E-state index in [1.807, 2.05) is 6.92 Å². The lowest BCUT2D eigenvalue weighted by Crippen LogP contribution is -2.30. The minimum absolute atomic E-state index is 0.0329. The topological polar surface area (TPSA) is 76.2 Å². The van der Waals surface area contributed by atoms with Crippen LogP contribution in [0.25, 0.3) is 0 Å². The number of rotatable bonds is 3. The Kier molecular flexibility index (Phi) is 3.92. The van der Waals surface area contributed by atoms with Gasteiger partial charge in [-0.15, -0.1) is 0 Å². The predicted octanol–water partition coefficient (Wildman–Crippen LogP) is 1.29. The lowest BCUT2D eigenvalue weighted by Gasteiger charge is -2.26. The second kappa shape index (κ2) is 4.98. The summed E-state index contributed by atoms with van der Waals surface area (Å²) >= 11 is 0. The Morgan fingerprint density at radius 2 is 1.86 bits per heavy atom. The van der Waals surface area contributed by atoms with Gasteiger partial charge in [-0.1, -0.05) is 0 Å². The van der Waals surface area contributed by atoms with Gasteiger partial charge in [-0.3, -0.25) is 10.2 Å². The molecule has 0 amide bonds. The van der Waals surface area contributed by atoms with E-state index in [1.165, 1.54) is 0 Å². The molecule has 4 heteroatoms. The third-order valence-corrected chi connectivity index (χ3v) is 2.79. The van der Waals surface area contributed by atoms with Crippen LogP contribution in [0.15, 0.2) is 0 Å². The van der Waals surface area contributed by atoms with Gasteiger partial charge in [0.05, 0.1) is 18.4 Å². The number of nitrogens with one attached hydrogen (secondary N) is 1. The van der Waals surface area contributed by atoms with E-state index >= 15 is 0 Å². The Morgan fingerprint density at radius 1 is 1.36 bits per heavy atom. The van der Waals surface area contributed by atoms with Crippen LogP contribution in [0.3, 0.4) is 0 Å². The molecule has 0 aromatic heterocycles. The highest BCUT2D eigenvalue weighted by molar-refractivity contribution is 5.80. The fourth-order valence-corrected chi connectivity index (χ4v) is 1.90. The van der Waals surface area contributed by atoms with Gasteiger partial charge in [-0.25, -0.2) is 0 Å². The summed E-state index contributed by atoms with van der Waals surface area (Å²) in [7, 11) is 0. The summed E-state index contributed by atoms with van der Waals surface area (Å²) < 4.78 is 4.95. The van der Waals surface area contributed by atoms with Crippen molar-refractivity contribution in [1.82, 2.24) is 0 Å². The van der Waals surface area contributed by atoms with Gasteiger partial charge in [-0.2, -0.15) is 0 Å². The van der Waals surface area contributed by atoms with Gasteiger partial charge in [0, 0.05) is 5.92 Å². The van der Waals surface area contributed by atoms with Crippen molar-refractivity contribution in [3.8, 4) is 0 Å². The van der Waals surface area contributed by atoms with Gasteiger partial charge in [0.15, 0.2) is 0 Å². The molecule has 0 radical (unpaired) electrons. The Bertz CT molecular complexity index is 220. The summed E-state index contributed by atoms with van der Waals surface area (Å²) in [6.07, 6.45) is 3.31. The lowest BCUT2D eigenvalue weighted by molar-refractivity contribution is -0.149. The zero-order chi connectivity index (χ0) is 10.6. The van der Waals surface area contributed by atoms with Crippen molar-refractivity contribution in [1.29, 1.82) is 5.41 Å². The monoisotopic (exact) mass is 198 g/mol. The standard InChI is InChI=1S/C10H18N2O2/c1-2-14-10(13)8-5-3-7(4-6-8)9(11)12/h7-8H,2-6H2,1H3,(H3,11,12). The zero-order valence-corrected chi connectivity index (χ0v) is 8.58. The Hall–Kier alpha value is -1.06. The minimum atomic E-state index is -0.0884. The molecule has 0 atom stereocenters. The van der Waals surface area contributed by atoms with E-state index in [2.05, 4.69) is 0 Å². The molecule has 0 aliphatic heterocycles. The first kappa shape index (κ1) is 11.0. The van der Waals surface area contributed by atoms with E-state index in [1.54, 1.807) is 0 Å². The van der Waals surface area contributed by atoms with Crippen LogP contribution in [0.2, 0.25) is 0 Å². The van der Waals surface area contributed by atoms with Gasteiger partial charge in [0.25, 0.3) is 0 Å². The number of esters is 1. The van der Waals surface area contributed by atoms with Crippen LogP contribution in [0.4, 0.5) is 0 Å². The summed E-state index contributed by atoms with van der Waals surface area (Å²) in [5.41, 5.74) is 5.41. The van der Waals surface area contributed by atoms with Crippen LogP contribution in [-0.2, 0) is 9.53 Å². The molecule has 0 unspecified atom stereocenters.